The van der Waals surface area contributed by atoms with Gasteiger partial charge in [0.05, 0.1) is 18.1 Å². The summed E-state index contributed by atoms with van der Waals surface area (Å²) in [6, 6.07) is 13.4. The van der Waals surface area contributed by atoms with E-state index in [-0.39, 0.29) is 17.7 Å². The molecular formula is C16H19NO3S. The van der Waals surface area contributed by atoms with Crippen molar-refractivity contribution < 1.29 is 14.3 Å². The summed E-state index contributed by atoms with van der Waals surface area (Å²) >= 11 is 1.57. The third kappa shape index (κ3) is 4.95. The Kier molecular flexibility index (Phi) is 5.90. The second kappa shape index (κ2) is 7.90. The van der Waals surface area contributed by atoms with Crippen molar-refractivity contribution in [3.63, 3.8) is 0 Å². The van der Waals surface area contributed by atoms with Crippen LogP contribution in [0.4, 0.5) is 0 Å². The molecule has 2 unspecified atom stereocenters. The van der Waals surface area contributed by atoms with Crippen molar-refractivity contribution in [1.82, 2.24) is 5.32 Å². The summed E-state index contributed by atoms with van der Waals surface area (Å²) in [4.78, 5) is 12.0. The SMILES string of the molecule is CC(SCc1ccccc1)C(=O)NCC(O)c1ccco1. The van der Waals surface area contributed by atoms with E-state index in [9.17, 15) is 9.90 Å². The van der Waals surface area contributed by atoms with Crippen molar-refractivity contribution in [3.05, 3.63) is 60.1 Å². The smallest absolute Gasteiger partial charge is 0.232 e. The number of carbonyl (C=O) groups excluding carboxylic acids is 1. The highest BCUT2D eigenvalue weighted by Crippen LogP contribution is 2.18. The number of nitrogens with one attached hydrogen (secondary N) is 1. The molecule has 0 fully saturated rings. The molecule has 1 aromatic carbocycles. The number of hydrogen-bond acceptors (Lipinski definition) is 4. The minimum absolute atomic E-state index is 0.0819. The molecule has 0 radical (unpaired) electrons. The molecule has 0 bridgehead atoms. The number of aliphatic hydroxyl groups is 1. The van der Waals surface area contributed by atoms with Gasteiger partial charge in [0.1, 0.15) is 11.9 Å². The first kappa shape index (κ1) is 15.7. The zero-order valence-electron chi connectivity index (χ0n) is 11.9. The fraction of sp³-hybridized carbons (Fsp3) is 0.312. The Labute approximate surface area is 128 Å². The van der Waals surface area contributed by atoms with Gasteiger partial charge in [-0.2, -0.15) is 0 Å². The number of amides is 1. The molecule has 5 heteroatoms. The number of aliphatic hydroxyl groups excluding tert-OH is 1. The van der Waals surface area contributed by atoms with Gasteiger partial charge in [-0.3, -0.25) is 4.79 Å². The molecule has 0 saturated heterocycles. The van der Waals surface area contributed by atoms with Gasteiger partial charge in [0.2, 0.25) is 5.91 Å². The number of furan rings is 1. The van der Waals surface area contributed by atoms with E-state index >= 15 is 0 Å². The summed E-state index contributed by atoms with van der Waals surface area (Å²) in [7, 11) is 0. The Morgan fingerprint density at radius 3 is 2.71 bits per heavy atom. The van der Waals surface area contributed by atoms with Crippen molar-refractivity contribution in [3.8, 4) is 0 Å². The summed E-state index contributed by atoms with van der Waals surface area (Å²) in [6.45, 7) is 2.02. The number of rotatable bonds is 7. The molecule has 1 heterocycles. The van der Waals surface area contributed by atoms with E-state index in [0.29, 0.717) is 5.76 Å². The van der Waals surface area contributed by atoms with E-state index in [1.165, 1.54) is 11.8 Å². The van der Waals surface area contributed by atoms with Crippen LogP contribution in [0.2, 0.25) is 0 Å². The Balaban J connectivity index is 1.72. The molecular weight excluding hydrogens is 286 g/mol. The van der Waals surface area contributed by atoms with E-state index < -0.39 is 6.10 Å². The summed E-state index contributed by atoms with van der Waals surface area (Å²) in [5, 5.41) is 12.4. The zero-order valence-corrected chi connectivity index (χ0v) is 12.7. The average Bonchev–Trinajstić information content (AvgIpc) is 3.05. The molecule has 21 heavy (non-hydrogen) atoms. The van der Waals surface area contributed by atoms with Crippen LogP contribution < -0.4 is 5.32 Å². The Bertz CT molecular complexity index is 542. The largest absolute Gasteiger partial charge is 0.467 e. The Morgan fingerprint density at radius 1 is 1.29 bits per heavy atom. The van der Waals surface area contributed by atoms with Crippen molar-refractivity contribution in [2.24, 2.45) is 0 Å². The molecule has 0 saturated carbocycles. The van der Waals surface area contributed by atoms with Crippen molar-refractivity contribution >= 4 is 17.7 Å². The standard InChI is InChI=1S/C16H19NO3S/c1-12(21-11-13-6-3-2-4-7-13)16(19)17-10-14(18)15-8-5-9-20-15/h2-9,12,14,18H,10-11H2,1H3,(H,17,19). The molecule has 2 aromatic rings. The molecule has 0 spiro atoms. The first-order valence-corrected chi connectivity index (χ1v) is 7.86. The fourth-order valence-corrected chi connectivity index (χ4v) is 2.66. The number of benzene rings is 1. The van der Waals surface area contributed by atoms with Gasteiger partial charge in [-0.15, -0.1) is 11.8 Å². The second-order valence-corrected chi connectivity index (χ2v) is 6.04. The third-order valence-electron chi connectivity index (χ3n) is 3.05. The maximum absolute atomic E-state index is 12.0. The maximum atomic E-state index is 12.0. The first-order valence-electron chi connectivity index (χ1n) is 6.81. The van der Waals surface area contributed by atoms with Crippen LogP contribution in [0.3, 0.4) is 0 Å². The maximum Gasteiger partial charge on any atom is 0.232 e. The highest BCUT2D eigenvalue weighted by Gasteiger charge is 2.16. The third-order valence-corrected chi connectivity index (χ3v) is 4.27. The van der Waals surface area contributed by atoms with Crippen LogP contribution in [0.25, 0.3) is 0 Å². The zero-order chi connectivity index (χ0) is 15.1. The summed E-state index contributed by atoms with van der Waals surface area (Å²) in [6.07, 6.45) is 0.689. The summed E-state index contributed by atoms with van der Waals surface area (Å²) in [5.41, 5.74) is 1.19. The summed E-state index contributed by atoms with van der Waals surface area (Å²) < 4.78 is 5.09. The lowest BCUT2D eigenvalue weighted by atomic mass is 10.2. The molecule has 1 aromatic heterocycles. The molecule has 112 valence electrons. The van der Waals surface area contributed by atoms with Crippen LogP contribution >= 0.6 is 11.8 Å². The quantitative estimate of drug-likeness (QED) is 0.825. The molecule has 4 nitrogen and oxygen atoms in total. The van der Waals surface area contributed by atoms with Gasteiger partial charge in [0.25, 0.3) is 0 Å². The molecule has 0 aliphatic rings. The van der Waals surface area contributed by atoms with E-state index in [1.54, 1.807) is 23.9 Å². The lowest BCUT2D eigenvalue weighted by Gasteiger charge is -2.14. The molecule has 0 aliphatic heterocycles. The van der Waals surface area contributed by atoms with Crippen LogP contribution in [0.5, 0.6) is 0 Å². The van der Waals surface area contributed by atoms with E-state index in [4.69, 9.17) is 4.42 Å². The van der Waals surface area contributed by atoms with Gasteiger partial charge < -0.3 is 14.8 Å². The van der Waals surface area contributed by atoms with Crippen LogP contribution in [0.15, 0.2) is 53.1 Å². The van der Waals surface area contributed by atoms with E-state index in [1.807, 2.05) is 37.3 Å². The van der Waals surface area contributed by atoms with Gasteiger partial charge in [0, 0.05) is 5.75 Å². The van der Waals surface area contributed by atoms with Gasteiger partial charge in [-0.1, -0.05) is 30.3 Å². The molecule has 2 rings (SSSR count). The Morgan fingerprint density at radius 2 is 2.05 bits per heavy atom. The predicted octanol–water partition coefficient (Wildman–Crippen LogP) is 2.75. The first-order chi connectivity index (χ1) is 10.2. The van der Waals surface area contributed by atoms with Crippen molar-refractivity contribution in [1.29, 1.82) is 0 Å². The molecule has 0 aliphatic carbocycles. The highest BCUT2D eigenvalue weighted by molar-refractivity contribution is 7.99. The number of hydrogen-bond donors (Lipinski definition) is 2. The van der Waals surface area contributed by atoms with E-state index in [2.05, 4.69) is 5.32 Å². The number of thioether (sulfide) groups is 1. The van der Waals surface area contributed by atoms with Crippen molar-refractivity contribution in [2.75, 3.05) is 6.54 Å². The molecule has 2 N–H and O–H groups in total. The lowest BCUT2D eigenvalue weighted by Crippen LogP contribution is -2.34. The van der Waals surface area contributed by atoms with Crippen LogP contribution in [0.1, 0.15) is 24.4 Å². The monoisotopic (exact) mass is 305 g/mol. The summed E-state index contributed by atoms with van der Waals surface area (Å²) in [5.74, 6) is 1.16. The normalized spacial score (nSPS) is 13.6. The van der Waals surface area contributed by atoms with Crippen LogP contribution in [-0.4, -0.2) is 22.8 Å². The van der Waals surface area contributed by atoms with Crippen molar-refractivity contribution in [2.45, 2.75) is 24.0 Å². The minimum atomic E-state index is -0.810. The predicted molar refractivity (Wildman–Crippen MR) is 83.9 cm³/mol. The highest BCUT2D eigenvalue weighted by atomic mass is 32.2. The lowest BCUT2D eigenvalue weighted by molar-refractivity contribution is -0.120. The Hall–Kier alpha value is -1.72. The van der Waals surface area contributed by atoms with Gasteiger partial charge >= 0.3 is 0 Å². The number of carbonyl (C=O) groups is 1. The van der Waals surface area contributed by atoms with Crippen LogP contribution in [-0.2, 0) is 10.5 Å². The van der Waals surface area contributed by atoms with E-state index in [0.717, 1.165) is 5.75 Å². The minimum Gasteiger partial charge on any atom is -0.467 e. The second-order valence-electron chi connectivity index (χ2n) is 4.72. The topological polar surface area (TPSA) is 62.5 Å². The van der Waals surface area contributed by atoms with Gasteiger partial charge in [-0.05, 0) is 24.6 Å². The molecule has 2 atom stereocenters. The fourth-order valence-electron chi connectivity index (χ4n) is 1.79. The van der Waals surface area contributed by atoms with Gasteiger partial charge in [-0.25, -0.2) is 0 Å². The average molecular weight is 305 g/mol. The molecule has 1 amide bonds. The van der Waals surface area contributed by atoms with Crippen LogP contribution in [0, 0.1) is 0 Å². The van der Waals surface area contributed by atoms with Gasteiger partial charge in [0.15, 0.2) is 0 Å².